The van der Waals surface area contributed by atoms with Crippen LogP contribution < -0.4 is 4.74 Å². The van der Waals surface area contributed by atoms with Crippen molar-refractivity contribution in [3.63, 3.8) is 0 Å². The summed E-state index contributed by atoms with van der Waals surface area (Å²) >= 11 is 2.39. The number of methoxy groups -OCH3 is 1. The van der Waals surface area contributed by atoms with Gasteiger partial charge in [0.25, 0.3) is 0 Å². The Labute approximate surface area is 126 Å². The molecule has 0 aliphatic carbocycles. The molecule has 4 heteroatoms. The third-order valence-corrected chi connectivity index (χ3v) is 5.64. The van der Waals surface area contributed by atoms with Crippen LogP contribution in [0.3, 0.4) is 0 Å². The first-order valence-corrected chi connectivity index (χ1v) is 9.54. The highest BCUT2D eigenvalue weighted by Gasteiger charge is 2.37. The van der Waals surface area contributed by atoms with Crippen molar-refractivity contribution in [2.45, 2.75) is 32.7 Å². The van der Waals surface area contributed by atoms with Crippen molar-refractivity contribution >= 4 is 30.3 Å². The van der Waals surface area contributed by atoms with E-state index in [0.717, 1.165) is 12.2 Å². The first-order valence-electron chi connectivity index (χ1n) is 6.23. The second-order valence-corrected chi connectivity index (χ2v) is 7.47. The molecule has 2 nitrogen and oxygen atoms in total. The maximum absolute atomic E-state index is 5.45. The van der Waals surface area contributed by atoms with E-state index in [2.05, 4.69) is 57.6 Å². The maximum atomic E-state index is 5.45. The standard InChI is InChI=1S/C14H20INOS/c1-14(2)9-12(16(10-14)18-15)8-11-6-4-5-7-13(11)17-3/h4-7,12H,8-10H2,1-3H3. The van der Waals surface area contributed by atoms with Gasteiger partial charge < -0.3 is 4.74 Å². The number of ether oxygens (including phenoxy) is 1. The van der Waals surface area contributed by atoms with Crippen LogP contribution in [-0.4, -0.2) is 24.0 Å². The monoisotopic (exact) mass is 377 g/mol. The summed E-state index contributed by atoms with van der Waals surface area (Å²) in [5.74, 6) is 1.01. The van der Waals surface area contributed by atoms with E-state index < -0.39 is 0 Å². The Morgan fingerprint density at radius 1 is 1.44 bits per heavy atom. The van der Waals surface area contributed by atoms with Gasteiger partial charge in [0, 0.05) is 33.8 Å². The molecule has 1 aliphatic rings. The lowest BCUT2D eigenvalue weighted by atomic mass is 9.89. The SMILES string of the molecule is COc1ccccc1CC1CC(C)(C)CN1SI. The zero-order valence-corrected chi connectivity index (χ0v) is 14.1. The number of hydrogen-bond acceptors (Lipinski definition) is 3. The minimum Gasteiger partial charge on any atom is -0.496 e. The van der Waals surface area contributed by atoms with Gasteiger partial charge in [-0.2, -0.15) is 0 Å². The number of rotatable bonds is 4. The lowest BCUT2D eigenvalue weighted by Gasteiger charge is -2.21. The molecule has 1 aromatic carbocycles. The van der Waals surface area contributed by atoms with E-state index in [1.54, 1.807) is 7.11 Å². The molecule has 1 aromatic rings. The zero-order chi connectivity index (χ0) is 13.2. The van der Waals surface area contributed by atoms with Crippen molar-refractivity contribution < 1.29 is 4.74 Å². The number of para-hydroxylation sites is 1. The molecule has 1 saturated heterocycles. The largest absolute Gasteiger partial charge is 0.496 e. The van der Waals surface area contributed by atoms with Crippen molar-refractivity contribution in [1.82, 2.24) is 4.31 Å². The summed E-state index contributed by atoms with van der Waals surface area (Å²) in [5.41, 5.74) is 1.74. The summed E-state index contributed by atoms with van der Waals surface area (Å²) in [4.78, 5) is 0. The predicted octanol–water partition coefficient (Wildman–Crippen LogP) is 4.34. The van der Waals surface area contributed by atoms with Crippen molar-refractivity contribution in [2.75, 3.05) is 13.7 Å². The first kappa shape index (κ1) is 14.5. The normalized spacial score (nSPS) is 23.2. The summed E-state index contributed by atoms with van der Waals surface area (Å²) in [6, 6.07) is 8.97. The van der Waals surface area contributed by atoms with Crippen LogP contribution in [0, 0.1) is 5.41 Å². The fourth-order valence-corrected chi connectivity index (χ4v) is 4.78. The minimum atomic E-state index is 0.421. The third kappa shape index (κ3) is 3.33. The van der Waals surface area contributed by atoms with Gasteiger partial charge in [-0.05, 0) is 39.0 Å². The van der Waals surface area contributed by atoms with Crippen LogP contribution in [-0.2, 0) is 6.42 Å². The zero-order valence-electron chi connectivity index (χ0n) is 11.1. The topological polar surface area (TPSA) is 12.5 Å². The van der Waals surface area contributed by atoms with Crippen molar-refractivity contribution in [1.29, 1.82) is 0 Å². The van der Waals surface area contributed by atoms with E-state index >= 15 is 0 Å². The van der Waals surface area contributed by atoms with Gasteiger partial charge in [0.15, 0.2) is 0 Å². The van der Waals surface area contributed by atoms with Crippen LogP contribution in [0.4, 0.5) is 0 Å². The smallest absolute Gasteiger partial charge is 0.122 e. The van der Waals surface area contributed by atoms with E-state index in [1.165, 1.54) is 18.5 Å². The van der Waals surface area contributed by atoms with Crippen molar-refractivity contribution in [3.8, 4) is 5.75 Å². The van der Waals surface area contributed by atoms with Crippen LogP contribution in [0.25, 0.3) is 0 Å². The molecular formula is C14H20INOS. The predicted molar refractivity (Wildman–Crippen MR) is 87.2 cm³/mol. The molecular weight excluding hydrogens is 357 g/mol. The highest BCUT2D eigenvalue weighted by Crippen LogP contribution is 2.41. The van der Waals surface area contributed by atoms with Crippen molar-refractivity contribution in [2.24, 2.45) is 5.41 Å². The average Bonchev–Trinajstić information content (AvgIpc) is 2.64. The molecule has 18 heavy (non-hydrogen) atoms. The third-order valence-electron chi connectivity index (χ3n) is 3.52. The molecule has 0 N–H and O–H groups in total. The fraction of sp³-hybridized carbons (Fsp3) is 0.571. The van der Waals surface area contributed by atoms with E-state index in [1.807, 2.05) is 15.2 Å². The van der Waals surface area contributed by atoms with Gasteiger partial charge in [0.1, 0.15) is 5.75 Å². The lowest BCUT2D eigenvalue weighted by Crippen LogP contribution is -2.24. The van der Waals surface area contributed by atoms with Gasteiger partial charge in [0.05, 0.1) is 7.11 Å². The molecule has 0 amide bonds. The molecule has 1 heterocycles. The van der Waals surface area contributed by atoms with Crippen molar-refractivity contribution in [3.05, 3.63) is 29.8 Å². The summed E-state index contributed by atoms with van der Waals surface area (Å²) in [7, 11) is 3.59. The molecule has 0 spiro atoms. The molecule has 1 unspecified atom stereocenters. The molecule has 1 atom stereocenters. The quantitative estimate of drug-likeness (QED) is 0.572. The number of benzene rings is 1. The van der Waals surface area contributed by atoms with E-state index in [-0.39, 0.29) is 0 Å². The molecule has 1 fully saturated rings. The molecule has 0 radical (unpaired) electrons. The van der Waals surface area contributed by atoms with Crippen LogP contribution in [0.2, 0.25) is 0 Å². The van der Waals surface area contributed by atoms with Crippen LogP contribution >= 0.6 is 30.3 Å². The molecule has 0 aromatic heterocycles. The number of hydrogen-bond donors (Lipinski definition) is 0. The second-order valence-electron chi connectivity index (χ2n) is 5.68. The Balaban J connectivity index is 2.13. The van der Waals surface area contributed by atoms with Gasteiger partial charge in [-0.15, -0.1) is 0 Å². The van der Waals surface area contributed by atoms with Gasteiger partial charge >= 0.3 is 0 Å². The second kappa shape index (κ2) is 6.01. The molecule has 2 rings (SSSR count). The van der Waals surface area contributed by atoms with Gasteiger partial charge in [0.2, 0.25) is 0 Å². The highest BCUT2D eigenvalue weighted by molar-refractivity contribution is 14.2. The van der Waals surface area contributed by atoms with Crippen LogP contribution in [0.5, 0.6) is 5.75 Å². The maximum Gasteiger partial charge on any atom is 0.122 e. The summed E-state index contributed by atoms with van der Waals surface area (Å²) < 4.78 is 7.96. The minimum absolute atomic E-state index is 0.421. The Morgan fingerprint density at radius 2 is 2.17 bits per heavy atom. The summed E-state index contributed by atoms with van der Waals surface area (Å²) in [6.45, 7) is 5.88. The van der Waals surface area contributed by atoms with Crippen LogP contribution in [0.1, 0.15) is 25.8 Å². The molecule has 100 valence electrons. The molecule has 0 saturated carbocycles. The Bertz CT molecular complexity index is 411. The Hall–Kier alpha value is 0.0600. The Kier molecular flexibility index (Phi) is 4.83. The summed E-state index contributed by atoms with van der Waals surface area (Å²) in [5, 5.41) is 0. The summed E-state index contributed by atoms with van der Waals surface area (Å²) in [6.07, 6.45) is 2.32. The van der Waals surface area contributed by atoms with Gasteiger partial charge in [-0.3, -0.25) is 0 Å². The highest BCUT2D eigenvalue weighted by atomic mass is 127. The Morgan fingerprint density at radius 3 is 2.83 bits per heavy atom. The fourth-order valence-electron chi connectivity index (χ4n) is 2.74. The van der Waals surface area contributed by atoms with Gasteiger partial charge in [-0.1, -0.05) is 32.0 Å². The average molecular weight is 377 g/mol. The molecule has 1 aliphatic heterocycles. The number of halogens is 1. The lowest BCUT2D eigenvalue weighted by molar-refractivity contribution is 0.390. The first-order chi connectivity index (χ1) is 8.55. The van der Waals surface area contributed by atoms with Crippen LogP contribution in [0.15, 0.2) is 24.3 Å². The van der Waals surface area contributed by atoms with E-state index in [4.69, 9.17) is 4.74 Å². The van der Waals surface area contributed by atoms with E-state index in [0.29, 0.717) is 11.5 Å². The van der Waals surface area contributed by atoms with E-state index in [9.17, 15) is 0 Å². The molecule has 0 bridgehead atoms. The van der Waals surface area contributed by atoms with Gasteiger partial charge in [-0.25, -0.2) is 4.31 Å². The number of nitrogens with zero attached hydrogens (tertiary/aromatic N) is 1.